The molecule has 93 heavy (non-hydrogen) atoms. The molecule has 0 aliphatic heterocycles. The van der Waals surface area contributed by atoms with Crippen LogP contribution in [0.5, 0.6) is 23.0 Å². The summed E-state index contributed by atoms with van der Waals surface area (Å²) >= 11 is 11.5. The molecule has 0 saturated heterocycles. The molecule has 10 aromatic rings. The maximum Gasteiger partial charge on any atom is 1.00 e. The zero-order valence-corrected chi connectivity index (χ0v) is 60.9. The summed E-state index contributed by atoms with van der Waals surface area (Å²) in [4.78, 5) is 39.4. The summed E-state index contributed by atoms with van der Waals surface area (Å²) < 4.78 is 144. The van der Waals surface area contributed by atoms with Crippen LogP contribution < -0.4 is 140 Å². The van der Waals surface area contributed by atoms with Crippen LogP contribution in [0, 0.1) is 20.2 Å². The van der Waals surface area contributed by atoms with Crippen LogP contribution in [0.4, 0.5) is 69.3 Å². The molecule has 0 aliphatic carbocycles. The van der Waals surface area contributed by atoms with Crippen LogP contribution in [0.25, 0.3) is 43.1 Å². The number of aromatic nitrogens is 6. The number of azo groups is 2. The van der Waals surface area contributed by atoms with E-state index in [1.807, 2.05) is 0 Å². The third-order valence-corrected chi connectivity index (χ3v) is 15.8. The molecule has 0 unspecified atom stereocenters. The van der Waals surface area contributed by atoms with Gasteiger partial charge in [-0.15, -0.1) is 20.5 Å². The summed E-state index contributed by atoms with van der Waals surface area (Å²) in [7, 11) is -21.0. The third kappa shape index (κ3) is 17.9. The summed E-state index contributed by atoms with van der Waals surface area (Å²) in [5.41, 5.74) is 7.82. The SMILES string of the molecule is Nc1nc(Cl)nc(Nc2ccc3c(O)c(N=Nc4c(O)cc(S(=O)(=O)[O-])c5cc([N+](=O)[O-])ccc45)c(S(=O)(=O)[O-])cc3c2)n1.Nc1nc(Cl)nc(Nc2ccc3c(O)c(N=Nc4c(O)cc(S(=O)(=O)[O-])c5cc([N+](=O)[O-])ccc45)cc(S(=O)(=O)[O-])c3c2)n1.[Cr].[H+].[Na+].[Na+].[Na+].[Na+]. The van der Waals surface area contributed by atoms with Crippen molar-refractivity contribution in [2.45, 2.75) is 19.6 Å². The van der Waals surface area contributed by atoms with E-state index in [2.05, 4.69) is 61.0 Å². The van der Waals surface area contributed by atoms with E-state index in [0.29, 0.717) is 18.2 Å². The van der Waals surface area contributed by atoms with Crippen molar-refractivity contribution in [2.24, 2.45) is 20.5 Å². The number of nitro benzene ring substituents is 2. The average Bonchev–Trinajstić information content (AvgIpc) is 0.779. The quantitative estimate of drug-likeness (QED) is 0.0167. The summed E-state index contributed by atoms with van der Waals surface area (Å²) in [5.74, 6) is -3.90. The van der Waals surface area contributed by atoms with Gasteiger partial charge in [0, 0.05) is 103 Å². The molecule has 0 atom stereocenters. The van der Waals surface area contributed by atoms with E-state index in [1.165, 1.54) is 36.4 Å². The van der Waals surface area contributed by atoms with Gasteiger partial charge in [-0.1, -0.05) is 0 Å². The van der Waals surface area contributed by atoms with Gasteiger partial charge in [0.05, 0.1) is 29.4 Å². The Bertz CT molecular complexity index is 5250. The van der Waals surface area contributed by atoms with Crippen LogP contribution in [-0.2, 0) is 57.8 Å². The van der Waals surface area contributed by atoms with Crippen LogP contribution in [0.2, 0.25) is 10.6 Å². The Kier molecular flexibility index (Phi) is 26.3. The Labute approximate surface area is 630 Å². The number of anilines is 6. The third-order valence-electron chi connectivity index (χ3n) is 11.9. The van der Waals surface area contributed by atoms with E-state index >= 15 is 0 Å². The second kappa shape index (κ2) is 30.8. The van der Waals surface area contributed by atoms with Gasteiger partial charge in [0.2, 0.25) is 34.4 Å². The fraction of sp³-hybridized carbons (Fsp3) is 0. The molecule has 0 fully saturated rings. The van der Waals surface area contributed by atoms with Crippen molar-refractivity contribution in [3.8, 4) is 23.0 Å². The first-order valence-electron chi connectivity index (χ1n) is 23.1. The van der Waals surface area contributed by atoms with Gasteiger partial charge in [0.15, 0.2) is 11.5 Å². The van der Waals surface area contributed by atoms with Gasteiger partial charge < -0.3 is 60.7 Å². The number of rotatable bonds is 14. The average molecular weight is 1470 g/mol. The van der Waals surface area contributed by atoms with E-state index < -0.39 is 138 Å². The van der Waals surface area contributed by atoms with Crippen molar-refractivity contribution in [3.05, 3.63) is 128 Å². The first-order valence-corrected chi connectivity index (χ1v) is 29.5. The van der Waals surface area contributed by atoms with E-state index in [0.717, 1.165) is 42.5 Å². The normalized spacial score (nSPS) is 11.6. The molecule has 0 amide bonds. The largest absolute Gasteiger partial charge is 1.00 e. The standard InChI is InChI=1S/2C23H15ClN8O10S2.Cr.4Na/c24-21-27-22(25)29-23(28-21)26-10-1-3-12-9(5-10)6-17(44(40,41)42)19(20(12)34)31-30-18-13-4-2-11(32(35)36)7-14(13)16(8-15(18)33)43(37,38)39;24-21-27-22(25)29-23(28-21)26-9-1-3-12-13(5-9)17(43(37,38)39)7-15(20(12)34)30-31-19-11-4-2-10(32(35)36)6-14(11)18(8-16(19)33)44(40,41)42;;;;;/h2*1-8,33-34H,(H,37,38,39)(H,40,41,42)(H3,25,26,27,28,29);;;;;/q;;;4*+1/p-3. The summed E-state index contributed by atoms with van der Waals surface area (Å²) in [5, 5.41) is 83.3. The second-order valence-corrected chi connectivity index (χ2v) is 23.6. The smallest absolute Gasteiger partial charge is 0.744 e. The van der Waals surface area contributed by atoms with E-state index in [4.69, 9.17) is 34.7 Å². The van der Waals surface area contributed by atoms with Gasteiger partial charge in [-0.25, -0.2) is 33.7 Å². The number of nitrogen functional groups attached to an aromatic ring is 2. The van der Waals surface area contributed by atoms with Gasteiger partial charge in [0.1, 0.15) is 74.7 Å². The molecule has 0 saturated carbocycles. The minimum Gasteiger partial charge on any atom is -0.744 e. The number of nitrogens with zero attached hydrogens (tertiary/aromatic N) is 12. The molecular formula is C46H27Cl2CrN16Na4O20S4+. The van der Waals surface area contributed by atoms with Crippen LogP contribution in [-0.4, -0.2) is 112 Å². The number of hydrogen-bond acceptors (Lipinski definition) is 34. The Balaban J connectivity index is 0.000000461. The Morgan fingerprint density at radius 1 is 0.441 bits per heavy atom. The van der Waals surface area contributed by atoms with Crippen LogP contribution in [0.15, 0.2) is 137 Å². The van der Waals surface area contributed by atoms with Crippen molar-refractivity contribution >= 4 is 176 Å². The Morgan fingerprint density at radius 2 is 0.817 bits per heavy atom. The van der Waals surface area contributed by atoms with Gasteiger partial charge in [-0.2, -0.15) is 29.9 Å². The molecule has 458 valence electrons. The summed E-state index contributed by atoms with van der Waals surface area (Å²) in [6.45, 7) is 0. The second-order valence-electron chi connectivity index (χ2n) is 17.5. The molecule has 0 aliphatic rings. The number of aromatic hydroxyl groups is 4. The van der Waals surface area contributed by atoms with Crippen molar-refractivity contribution in [1.82, 2.24) is 29.9 Å². The zero-order valence-electron chi connectivity index (χ0n) is 47.9. The van der Waals surface area contributed by atoms with Crippen molar-refractivity contribution in [1.29, 1.82) is 0 Å². The molecule has 10 rings (SSSR count). The first-order chi connectivity index (χ1) is 41.0. The summed E-state index contributed by atoms with van der Waals surface area (Å²) in [6, 6.07) is 15.8. The topological polar surface area (TPSA) is 599 Å². The molecule has 0 radical (unpaired) electrons. The maximum atomic E-state index is 12.2. The minimum atomic E-state index is -5.34. The number of phenolic OH excluding ortho intramolecular Hbond substituents is 4. The predicted octanol–water partition coefficient (Wildman–Crippen LogP) is -4.47. The number of non-ortho nitro benzene ring substituents is 2. The Morgan fingerprint density at radius 3 is 1.24 bits per heavy atom. The molecule has 36 nitrogen and oxygen atoms in total. The summed E-state index contributed by atoms with van der Waals surface area (Å²) in [6.07, 6.45) is 0. The van der Waals surface area contributed by atoms with Crippen molar-refractivity contribution < 1.29 is 219 Å². The van der Waals surface area contributed by atoms with Crippen LogP contribution >= 0.6 is 23.2 Å². The number of benzene rings is 8. The van der Waals surface area contributed by atoms with Crippen molar-refractivity contribution in [3.63, 3.8) is 0 Å². The molecule has 47 heteroatoms. The van der Waals surface area contributed by atoms with Crippen LogP contribution in [0.1, 0.15) is 1.43 Å². The maximum absolute atomic E-state index is 12.2. The molecule has 2 aromatic heterocycles. The fourth-order valence-corrected chi connectivity index (χ4v) is 11.4. The van der Waals surface area contributed by atoms with Gasteiger partial charge in [-0.3, -0.25) is 20.2 Å². The number of fused-ring (bicyclic) bond motifs is 4. The predicted molar refractivity (Wildman–Crippen MR) is 302 cm³/mol. The Hall–Kier alpha value is -6.03. The zero-order chi connectivity index (χ0) is 64.3. The monoisotopic (exact) mass is 1460 g/mol. The first kappa shape index (κ1) is 79.4. The number of halogens is 2. The van der Waals surface area contributed by atoms with Crippen molar-refractivity contribution in [2.75, 3.05) is 22.1 Å². The molecule has 0 bridgehead atoms. The fourth-order valence-electron chi connectivity index (χ4n) is 8.30. The number of phenols is 4. The number of nitrogens with one attached hydrogen (secondary N) is 2. The van der Waals surface area contributed by atoms with E-state index in [-0.39, 0.29) is 215 Å². The van der Waals surface area contributed by atoms with E-state index in [1.54, 1.807) is 0 Å². The molecule has 10 N–H and O–H groups in total. The van der Waals surface area contributed by atoms with Gasteiger partial charge in [-0.05, 0) is 89.3 Å². The van der Waals surface area contributed by atoms with Gasteiger partial charge >= 0.3 is 120 Å². The number of nitrogens with two attached hydrogens (primary N) is 2. The molecule has 0 spiro atoms. The van der Waals surface area contributed by atoms with Gasteiger partial charge in [0.25, 0.3) is 11.4 Å². The van der Waals surface area contributed by atoms with E-state index in [9.17, 15) is 92.5 Å². The van der Waals surface area contributed by atoms with Crippen LogP contribution in [0.3, 0.4) is 0 Å². The number of hydrogen-bond donors (Lipinski definition) is 8. The molecular weight excluding hydrogens is 1440 g/mol. The molecule has 8 aromatic carbocycles. The number of nitro groups is 2. The minimum absolute atomic E-state index is 0. The molecule has 2 heterocycles.